The molecular formula is C17H20N2O5S. The number of methoxy groups -OCH3 is 2. The molecule has 0 aliphatic carbocycles. The first kappa shape index (κ1) is 18.8. The molecule has 0 radical (unpaired) electrons. The molecule has 2 aromatic rings. The minimum atomic E-state index is -3.89. The van der Waals surface area contributed by atoms with Crippen LogP contribution in [0, 0.1) is 13.8 Å². The van der Waals surface area contributed by atoms with Gasteiger partial charge in [0.15, 0.2) is 0 Å². The summed E-state index contributed by atoms with van der Waals surface area (Å²) in [6.45, 7) is 3.47. The fourth-order valence-corrected chi connectivity index (χ4v) is 3.35. The van der Waals surface area contributed by atoms with Gasteiger partial charge in [-0.25, -0.2) is 8.42 Å². The van der Waals surface area contributed by atoms with Crippen molar-refractivity contribution in [1.82, 2.24) is 10.3 Å². The summed E-state index contributed by atoms with van der Waals surface area (Å²) in [7, 11) is -0.976. The molecule has 25 heavy (non-hydrogen) atoms. The number of hydrogen-bond acceptors (Lipinski definition) is 5. The highest BCUT2D eigenvalue weighted by molar-refractivity contribution is 7.89. The van der Waals surface area contributed by atoms with E-state index in [1.165, 1.54) is 26.4 Å². The molecule has 0 spiro atoms. The number of hydrogen-bond donors (Lipinski definition) is 2. The molecule has 2 rings (SSSR count). The molecule has 1 amide bonds. The fourth-order valence-electron chi connectivity index (χ4n) is 2.18. The van der Waals surface area contributed by atoms with E-state index in [0.29, 0.717) is 17.1 Å². The van der Waals surface area contributed by atoms with Crippen LogP contribution in [0.15, 0.2) is 41.3 Å². The van der Waals surface area contributed by atoms with Crippen LogP contribution in [0.25, 0.3) is 0 Å². The average Bonchev–Trinajstić information content (AvgIpc) is 2.61. The molecule has 8 heteroatoms. The molecule has 2 N–H and O–H groups in total. The summed E-state index contributed by atoms with van der Waals surface area (Å²) in [5.74, 6) is 0.204. The SMILES string of the molecule is COc1cc(OC)cc(C(=O)NNS(=O)(=O)c2cc(C)ccc2C)c1. The Morgan fingerprint density at radius 3 is 2.12 bits per heavy atom. The number of ether oxygens (including phenoxy) is 2. The maximum Gasteiger partial charge on any atom is 0.266 e. The number of rotatable bonds is 6. The van der Waals surface area contributed by atoms with Crippen LogP contribution in [-0.2, 0) is 10.0 Å². The van der Waals surface area contributed by atoms with Gasteiger partial charge < -0.3 is 9.47 Å². The van der Waals surface area contributed by atoms with Crippen molar-refractivity contribution in [3.8, 4) is 11.5 Å². The highest BCUT2D eigenvalue weighted by atomic mass is 32.2. The lowest BCUT2D eigenvalue weighted by molar-refractivity contribution is 0.0944. The Balaban J connectivity index is 2.20. The maximum atomic E-state index is 12.4. The quantitative estimate of drug-likeness (QED) is 0.764. The van der Waals surface area contributed by atoms with E-state index >= 15 is 0 Å². The number of hydrazine groups is 1. The number of carbonyl (C=O) groups is 1. The van der Waals surface area contributed by atoms with Crippen molar-refractivity contribution in [2.45, 2.75) is 18.7 Å². The minimum absolute atomic E-state index is 0.107. The second-order valence-electron chi connectivity index (χ2n) is 5.43. The number of aryl methyl sites for hydroxylation is 2. The molecular weight excluding hydrogens is 344 g/mol. The van der Waals surface area contributed by atoms with Crippen LogP contribution < -0.4 is 19.7 Å². The molecule has 0 saturated heterocycles. The first-order chi connectivity index (χ1) is 11.8. The van der Waals surface area contributed by atoms with Crippen molar-refractivity contribution in [1.29, 1.82) is 0 Å². The zero-order valence-electron chi connectivity index (χ0n) is 14.4. The van der Waals surface area contributed by atoms with Gasteiger partial charge in [-0.3, -0.25) is 10.2 Å². The molecule has 0 aliphatic heterocycles. The Labute approximate surface area is 147 Å². The lowest BCUT2D eigenvalue weighted by Crippen LogP contribution is -2.41. The van der Waals surface area contributed by atoms with Gasteiger partial charge in [0.25, 0.3) is 15.9 Å². The first-order valence-electron chi connectivity index (χ1n) is 7.39. The van der Waals surface area contributed by atoms with E-state index in [9.17, 15) is 13.2 Å². The number of carbonyl (C=O) groups excluding carboxylic acids is 1. The van der Waals surface area contributed by atoms with Crippen molar-refractivity contribution in [2.75, 3.05) is 14.2 Å². The van der Waals surface area contributed by atoms with Crippen LogP contribution in [0.4, 0.5) is 0 Å². The van der Waals surface area contributed by atoms with Crippen LogP contribution in [0.5, 0.6) is 11.5 Å². The van der Waals surface area contributed by atoms with Crippen LogP contribution in [0.2, 0.25) is 0 Å². The van der Waals surface area contributed by atoms with Crippen LogP contribution in [0.1, 0.15) is 21.5 Å². The summed E-state index contributed by atoms with van der Waals surface area (Å²) in [6, 6.07) is 9.62. The maximum absolute atomic E-state index is 12.4. The lowest BCUT2D eigenvalue weighted by Gasteiger charge is -2.12. The average molecular weight is 364 g/mol. The molecule has 0 fully saturated rings. The van der Waals surface area contributed by atoms with Gasteiger partial charge in [-0.15, -0.1) is 4.83 Å². The van der Waals surface area contributed by atoms with Crippen molar-refractivity contribution in [3.05, 3.63) is 53.1 Å². The smallest absolute Gasteiger partial charge is 0.266 e. The molecule has 0 atom stereocenters. The topological polar surface area (TPSA) is 93.7 Å². The van der Waals surface area contributed by atoms with Gasteiger partial charge >= 0.3 is 0 Å². The first-order valence-corrected chi connectivity index (χ1v) is 8.87. The number of amides is 1. The number of nitrogens with one attached hydrogen (secondary N) is 2. The molecule has 7 nitrogen and oxygen atoms in total. The third-order valence-corrected chi connectivity index (χ3v) is 4.94. The predicted molar refractivity (Wildman–Crippen MR) is 93.2 cm³/mol. The van der Waals surface area contributed by atoms with Crippen LogP contribution in [0.3, 0.4) is 0 Å². The van der Waals surface area contributed by atoms with Crippen LogP contribution in [-0.4, -0.2) is 28.5 Å². The standard InChI is InChI=1S/C17H20N2O5S/c1-11-5-6-12(2)16(7-11)25(21,22)19-18-17(20)13-8-14(23-3)10-15(9-13)24-4/h5-10,19H,1-4H3,(H,18,20). The van der Waals surface area contributed by atoms with E-state index < -0.39 is 15.9 Å². The zero-order chi connectivity index (χ0) is 18.6. The highest BCUT2D eigenvalue weighted by Gasteiger charge is 2.19. The minimum Gasteiger partial charge on any atom is -0.497 e. The van der Waals surface area contributed by atoms with Gasteiger partial charge in [-0.05, 0) is 43.2 Å². The third-order valence-electron chi connectivity index (χ3n) is 3.55. The van der Waals surface area contributed by atoms with E-state index in [0.717, 1.165) is 5.56 Å². The van der Waals surface area contributed by atoms with Gasteiger partial charge in [0.05, 0.1) is 19.1 Å². The largest absolute Gasteiger partial charge is 0.497 e. The highest BCUT2D eigenvalue weighted by Crippen LogP contribution is 2.22. The Morgan fingerprint density at radius 2 is 1.56 bits per heavy atom. The van der Waals surface area contributed by atoms with E-state index in [1.807, 2.05) is 6.07 Å². The van der Waals surface area contributed by atoms with Gasteiger partial charge in [0.2, 0.25) is 0 Å². The zero-order valence-corrected chi connectivity index (χ0v) is 15.2. The molecule has 134 valence electrons. The molecule has 0 unspecified atom stereocenters. The number of benzene rings is 2. The van der Waals surface area contributed by atoms with Crippen molar-refractivity contribution < 1.29 is 22.7 Å². The van der Waals surface area contributed by atoms with Gasteiger partial charge in [-0.2, -0.15) is 0 Å². The Bertz CT molecular complexity index is 872. The monoisotopic (exact) mass is 364 g/mol. The Morgan fingerprint density at radius 1 is 0.960 bits per heavy atom. The van der Waals surface area contributed by atoms with E-state index in [-0.39, 0.29) is 10.5 Å². The Hall–Kier alpha value is -2.58. The second-order valence-corrected chi connectivity index (χ2v) is 7.08. The van der Waals surface area contributed by atoms with Crippen molar-refractivity contribution in [2.24, 2.45) is 0 Å². The summed E-state index contributed by atoms with van der Waals surface area (Å²) in [5, 5.41) is 0. The van der Waals surface area contributed by atoms with E-state index in [1.54, 1.807) is 32.0 Å². The molecule has 0 aliphatic rings. The molecule has 2 aromatic carbocycles. The molecule has 0 bridgehead atoms. The third kappa shape index (κ3) is 4.49. The van der Waals surface area contributed by atoms with E-state index in [2.05, 4.69) is 10.3 Å². The molecule has 0 saturated carbocycles. The number of sulfonamides is 1. The predicted octanol–water partition coefficient (Wildman–Crippen LogP) is 1.94. The summed E-state index contributed by atoms with van der Waals surface area (Å²) in [5.41, 5.74) is 3.77. The van der Waals surface area contributed by atoms with Crippen LogP contribution >= 0.6 is 0 Å². The summed E-state index contributed by atoms with van der Waals surface area (Å²) in [6.07, 6.45) is 0. The van der Waals surface area contributed by atoms with Gasteiger partial charge in [0, 0.05) is 11.6 Å². The van der Waals surface area contributed by atoms with Crippen molar-refractivity contribution in [3.63, 3.8) is 0 Å². The summed E-state index contributed by atoms with van der Waals surface area (Å²) >= 11 is 0. The van der Waals surface area contributed by atoms with Gasteiger partial charge in [-0.1, -0.05) is 12.1 Å². The van der Waals surface area contributed by atoms with Gasteiger partial charge in [0.1, 0.15) is 11.5 Å². The molecule has 0 heterocycles. The lowest BCUT2D eigenvalue weighted by atomic mass is 10.2. The fraction of sp³-hybridized carbons (Fsp3) is 0.235. The normalized spacial score (nSPS) is 11.0. The van der Waals surface area contributed by atoms with Crippen molar-refractivity contribution >= 4 is 15.9 Å². The summed E-state index contributed by atoms with van der Waals surface area (Å²) in [4.78, 5) is 14.5. The summed E-state index contributed by atoms with van der Waals surface area (Å²) < 4.78 is 35.0. The Kier molecular flexibility index (Phi) is 5.66. The van der Waals surface area contributed by atoms with E-state index in [4.69, 9.17) is 9.47 Å². The molecule has 0 aromatic heterocycles. The second kappa shape index (κ2) is 7.54.